The van der Waals surface area contributed by atoms with Crippen LogP contribution in [0.4, 0.5) is 17.6 Å². The molecule has 0 bridgehead atoms. The Hall–Kier alpha value is -1.88. The Bertz CT molecular complexity index is 578. The zero-order valence-corrected chi connectivity index (χ0v) is 10.4. The van der Waals surface area contributed by atoms with Crippen molar-refractivity contribution in [2.45, 2.75) is 19.0 Å². The fourth-order valence-electron chi connectivity index (χ4n) is 1.97. The van der Waals surface area contributed by atoms with Gasteiger partial charge in [0.15, 0.2) is 0 Å². The van der Waals surface area contributed by atoms with E-state index >= 15 is 0 Å². The monoisotopic (exact) mass is 284 g/mol. The third-order valence-corrected chi connectivity index (χ3v) is 2.90. The Morgan fingerprint density at radius 3 is 2.10 bits per heavy atom. The maximum absolute atomic E-state index is 13.0. The molecular formula is C15H12F4O. The van der Waals surface area contributed by atoms with Gasteiger partial charge in [-0.15, -0.1) is 0 Å². The van der Waals surface area contributed by atoms with Crippen molar-refractivity contribution in [3.8, 4) is 0 Å². The highest BCUT2D eigenvalue weighted by Gasteiger charge is 2.13. The molecule has 0 aliphatic carbocycles. The van der Waals surface area contributed by atoms with Crippen LogP contribution >= 0.6 is 0 Å². The van der Waals surface area contributed by atoms with Gasteiger partial charge < -0.3 is 5.11 Å². The van der Waals surface area contributed by atoms with Gasteiger partial charge in [0, 0.05) is 18.1 Å². The lowest BCUT2D eigenvalue weighted by molar-refractivity contribution is 0.149. The molecule has 2 aromatic rings. The van der Waals surface area contributed by atoms with E-state index in [9.17, 15) is 22.7 Å². The van der Waals surface area contributed by atoms with Gasteiger partial charge in [0.25, 0.3) is 6.43 Å². The van der Waals surface area contributed by atoms with Crippen LogP contribution in [-0.2, 0) is 6.42 Å². The summed E-state index contributed by atoms with van der Waals surface area (Å²) in [5.74, 6) is -1.48. The second-order valence-corrected chi connectivity index (χ2v) is 4.47. The van der Waals surface area contributed by atoms with Crippen LogP contribution in [0, 0.1) is 11.6 Å². The normalized spacial score (nSPS) is 12.7. The summed E-state index contributed by atoms with van der Waals surface area (Å²) < 4.78 is 51.2. The minimum Gasteiger partial charge on any atom is -0.388 e. The van der Waals surface area contributed by atoms with Gasteiger partial charge in [0.2, 0.25) is 0 Å². The van der Waals surface area contributed by atoms with Crippen LogP contribution in [0.1, 0.15) is 29.2 Å². The molecular weight excluding hydrogens is 272 g/mol. The van der Waals surface area contributed by atoms with E-state index in [-0.39, 0.29) is 23.1 Å². The van der Waals surface area contributed by atoms with Gasteiger partial charge in [0.1, 0.15) is 11.6 Å². The van der Waals surface area contributed by atoms with Crippen molar-refractivity contribution in [1.82, 2.24) is 0 Å². The molecule has 0 fully saturated rings. The summed E-state index contributed by atoms with van der Waals surface area (Å²) in [7, 11) is 0. The van der Waals surface area contributed by atoms with Crippen LogP contribution in [-0.4, -0.2) is 5.11 Å². The maximum atomic E-state index is 13.0. The highest BCUT2D eigenvalue weighted by molar-refractivity contribution is 5.28. The van der Waals surface area contributed by atoms with Crippen molar-refractivity contribution < 1.29 is 22.7 Å². The number of rotatable bonds is 4. The van der Waals surface area contributed by atoms with Gasteiger partial charge in [-0.1, -0.05) is 18.2 Å². The molecule has 1 N–H and O–H groups in total. The molecule has 0 aliphatic rings. The Labute approximate surface area is 113 Å². The number of aliphatic hydroxyl groups is 1. The fourth-order valence-corrected chi connectivity index (χ4v) is 1.97. The van der Waals surface area contributed by atoms with Crippen LogP contribution in [0.15, 0.2) is 42.5 Å². The first kappa shape index (κ1) is 14.5. The van der Waals surface area contributed by atoms with E-state index in [2.05, 4.69) is 0 Å². The molecule has 0 radical (unpaired) electrons. The molecule has 0 spiro atoms. The van der Waals surface area contributed by atoms with E-state index in [4.69, 9.17) is 0 Å². The minimum absolute atomic E-state index is 0.0542. The van der Waals surface area contributed by atoms with E-state index in [1.807, 2.05) is 0 Å². The highest BCUT2D eigenvalue weighted by Crippen LogP contribution is 2.25. The van der Waals surface area contributed by atoms with Crippen molar-refractivity contribution in [2.24, 2.45) is 0 Å². The molecule has 0 amide bonds. The van der Waals surface area contributed by atoms with Gasteiger partial charge in [-0.05, 0) is 29.3 Å². The van der Waals surface area contributed by atoms with Crippen LogP contribution in [0.2, 0.25) is 0 Å². The number of halogens is 4. The molecule has 0 aliphatic heterocycles. The van der Waals surface area contributed by atoms with Crippen LogP contribution in [0.25, 0.3) is 0 Å². The Balaban J connectivity index is 2.19. The standard InChI is InChI=1S/C15H12F4O/c16-12-4-9(5-13(17)8-12)6-14(20)10-2-1-3-11(7-10)15(18)19/h1-5,7-8,14-15,20H,6H2. The lowest BCUT2D eigenvalue weighted by atomic mass is 9.99. The molecule has 1 unspecified atom stereocenters. The molecule has 1 nitrogen and oxygen atoms in total. The summed E-state index contributed by atoms with van der Waals surface area (Å²) in [6, 6.07) is 8.27. The Kier molecular flexibility index (Phi) is 4.39. The molecule has 2 rings (SSSR count). The zero-order valence-electron chi connectivity index (χ0n) is 10.4. The number of benzene rings is 2. The SMILES string of the molecule is OC(Cc1cc(F)cc(F)c1)c1cccc(C(F)F)c1. The Morgan fingerprint density at radius 2 is 1.50 bits per heavy atom. The van der Waals surface area contributed by atoms with Gasteiger partial charge in [0.05, 0.1) is 6.10 Å². The quantitative estimate of drug-likeness (QED) is 0.835. The van der Waals surface area contributed by atoms with Gasteiger partial charge >= 0.3 is 0 Å². The van der Waals surface area contributed by atoms with E-state index in [1.54, 1.807) is 0 Å². The largest absolute Gasteiger partial charge is 0.388 e. The summed E-state index contributed by atoms with van der Waals surface area (Å²) >= 11 is 0. The summed E-state index contributed by atoms with van der Waals surface area (Å²) in [6.45, 7) is 0. The molecule has 0 saturated heterocycles. The average Bonchev–Trinajstić information content (AvgIpc) is 2.37. The minimum atomic E-state index is -2.63. The maximum Gasteiger partial charge on any atom is 0.263 e. The Morgan fingerprint density at radius 1 is 0.900 bits per heavy atom. The summed E-state index contributed by atoms with van der Waals surface area (Å²) in [5, 5.41) is 9.97. The summed E-state index contributed by atoms with van der Waals surface area (Å²) in [4.78, 5) is 0. The highest BCUT2D eigenvalue weighted by atomic mass is 19.3. The van der Waals surface area contributed by atoms with E-state index < -0.39 is 24.2 Å². The van der Waals surface area contributed by atoms with E-state index in [0.717, 1.165) is 18.2 Å². The van der Waals surface area contributed by atoms with Crippen LogP contribution in [0.5, 0.6) is 0 Å². The lowest BCUT2D eigenvalue weighted by Gasteiger charge is -2.12. The van der Waals surface area contributed by atoms with Crippen molar-refractivity contribution in [3.63, 3.8) is 0 Å². The third kappa shape index (κ3) is 3.57. The molecule has 0 saturated carbocycles. The summed E-state index contributed by atoms with van der Waals surface area (Å²) in [6.07, 6.45) is -3.79. The van der Waals surface area contributed by atoms with Crippen molar-refractivity contribution in [1.29, 1.82) is 0 Å². The third-order valence-electron chi connectivity index (χ3n) is 2.90. The second kappa shape index (κ2) is 6.05. The molecule has 5 heteroatoms. The number of hydrogen-bond acceptors (Lipinski definition) is 1. The van der Waals surface area contributed by atoms with Crippen molar-refractivity contribution in [3.05, 3.63) is 70.8 Å². The van der Waals surface area contributed by atoms with Gasteiger partial charge in [-0.25, -0.2) is 17.6 Å². The number of aliphatic hydroxyl groups excluding tert-OH is 1. The molecule has 0 aromatic heterocycles. The van der Waals surface area contributed by atoms with E-state index in [1.165, 1.54) is 24.3 Å². The first-order valence-electron chi connectivity index (χ1n) is 5.97. The van der Waals surface area contributed by atoms with Crippen molar-refractivity contribution >= 4 is 0 Å². The van der Waals surface area contributed by atoms with Crippen molar-refractivity contribution in [2.75, 3.05) is 0 Å². The molecule has 20 heavy (non-hydrogen) atoms. The lowest BCUT2D eigenvalue weighted by Crippen LogP contribution is -2.03. The van der Waals surface area contributed by atoms with Crippen LogP contribution in [0.3, 0.4) is 0 Å². The fraction of sp³-hybridized carbons (Fsp3) is 0.200. The summed E-state index contributed by atoms with van der Waals surface area (Å²) in [5.41, 5.74) is 0.344. The first-order chi connectivity index (χ1) is 9.45. The van der Waals surface area contributed by atoms with Gasteiger partial charge in [-0.2, -0.15) is 0 Å². The smallest absolute Gasteiger partial charge is 0.263 e. The van der Waals surface area contributed by atoms with Gasteiger partial charge in [-0.3, -0.25) is 0 Å². The van der Waals surface area contributed by atoms with Crippen LogP contribution < -0.4 is 0 Å². The average molecular weight is 284 g/mol. The molecule has 0 heterocycles. The zero-order chi connectivity index (χ0) is 14.7. The predicted octanol–water partition coefficient (Wildman–Crippen LogP) is 4.18. The predicted molar refractivity (Wildman–Crippen MR) is 66.4 cm³/mol. The topological polar surface area (TPSA) is 20.2 Å². The second-order valence-electron chi connectivity index (χ2n) is 4.47. The molecule has 1 atom stereocenters. The first-order valence-corrected chi connectivity index (χ1v) is 5.97. The number of hydrogen-bond donors (Lipinski definition) is 1. The number of alkyl halides is 2. The molecule has 2 aromatic carbocycles. The van der Waals surface area contributed by atoms with E-state index in [0.29, 0.717) is 0 Å². The molecule has 106 valence electrons.